The Kier molecular flexibility index (Phi) is 7.27. The van der Waals surface area contributed by atoms with Crippen molar-refractivity contribution in [1.29, 1.82) is 0 Å². The molecule has 0 bridgehead atoms. The number of benzene rings is 3. The molecule has 0 heterocycles. The van der Waals surface area contributed by atoms with Gasteiger partial charge in [-0.2, -0.15) is 0 Å². The molecule has 1 N–H and O–H groups in total. The summed E-state index contributed by atoms with van der Waals surface area (Å²) < 4.78 is 36.0. The molecule has 9 heteroatoms. The van der Waals surface area contributed by atoms with Gasteiger partial charge in [-0.25, -0.2) is 8.42 Å². The van der Waals surface area contributed by atoms with Gasteiger partial charge in [-0.3, -0.25) is 9.10 Å². The van der Waals surface area contributed by atoms with Gasteiger partial charge in [0.2, 0.25) is 10.0 Å². The standard InChI is InChI=1S/C23H23ClN2O5S/c1-16(30-20-12-10-18(11-13-20)26(2)32(3,28)29)23(27)25-21-15-17(24)9-14-22(21)31-19-7-5-4-6-8-19/h4-16H,1-3H3,(H,25,27). The highest BCUT2D eigenvalue weighted by atomic mass is 35.5. The minimum absolute atomic E-state index is 0.400. The number of anilines is 2. The van der Waals surface area contributed by atoms with Crippen LogP contribution >= 0.6 is 11.6 Å². The predicted octanol–water partition coefficient (Wildman–Crippen LogP) is 4.93. The largest absolute Gasteiger partial charge is 0.481 e. The van der Waals surface area contributed by atoms with Crippen LogP contribution in [0.15, 0.2) is 72.8 Å². The first kappa shape index (κ1) is 23.4. The number of nitrogens with zero attached hydrogens (tertiary/aromatic N) is 1. The van der Waals surface area contributed by atoms with E-state index in [4.69, 9.17) is 21.1 Å². The molecule has 1 amide bonds. The summed E-state index contributed by atoms with van der Waals surface area (Å²) in [6, 6.07) is 20.5. The highest BCUT2D eigenvalue weighted by Gasteiger charge is 2.18. The van der Waals surface area contributed by atoms with Gasteiger partial charge >= 0.3 is 0 Å². The molecule has 0 spiro atoms. The summed E-state index contributed by atoms with van der Waals surface area (Å²) in [4.78, 5) is 12.7. The normalized spacial score (nSPS) is 12.0. The SMILES string of the molecule is CC(Oc1ccc(N(C)S(C)(=O)=O)cc1)C(=O)Nc1cc(Cl)ccc1Oc1ccccc1. The minimum atomic E-state index is -3.36. The number of halogens is 1. The third-order valence-electron chi connectivity index (χ3n) is 4.55. The van der Waals surface area contributed by atoms with E-state index >= 15 is 0 Å². The fraction of sp³-hybridized carbons (Fsp3) is 0.174. The maximum atomic E-state index is 12.7. The fourth-order valence-electron chi connectivity index (χ4n) is 2.72. The summed E-state index contributed by atoms with van der Waals surface area (Å²) in [7, 11) is -1.90. The van der Waals surface area contributed by atoms with Crippen molar-refractivity contribution in [3.8, 4) is 17.2 Å². The van der Waals surface area contributed by atoms with Crippen LogP contribution in [0.2, 0.25) is 5.02 Å². The molecule has 1 unspecified atom stereocenters. The second kappa shape index (κ2) is 9.93. The topological polar surface area (TPSA) is 84.9 Å². The van der Waals surface area contributed by atoms with Crippen LogP contribution in [0.25, 0.3) is 0 Å². The molecule has 7 nitrogen and oxygen atoms in total. The number of hydrogen-bond acceptors (Lipinski definition) is 5. The predicted molar refractivity (Wildman–Crippen MR) is 126 cm³/mol. The first-order valence-electron chi connectivity index (χ1n) is 9.67. The summed E-state index contributed by atoms with van der Waals surface area (Å²) in [5, 5.41) is 3.22. The molecule has 168 valence electrons. The Balaban J connectivity index is 1.69. The van der Waals surface area contributed by atoms with Crippen LogP contribution in [0.5, 0.6) is 17.2 Å². The third-order valence-corrected chi connectivity index (χ3v) is 5.99. The van der Waals surface area contributed by atoms with E-state index in [2.05, 4.69) is 5.32 Å². The molecule has 0 aliphatic rings. The van der Waals surface area contributed by atoms with Crippen molar-refractivity contribution in [1.82, 2.24) is 0 Å². The second-order valence-corrected chi connectivity index (χ2v) is 9.48. The van der Waals surface area contributed by atoms with Gasteiger partial charge in [-0.1, -0.05) is 29.8 Å². The third kappa shape index (κ3) is 6.15. The van der Waals surface area contributed by atoms with Crippen LogP contribution in [-0.4, -0.2) is 33.7 Å². The molecule has 0 saturated carbocycles. The molecule has 3 rings (SSSR count). The number of carbonyl (C=O) groups is 1. The van der Waals surface area contributed by atoms with Crippen LogP contribution in [0.3, 0.4) is 0 Å². The first-order chi connectivity index (χ1) is 15.1. The molecule has 3 aromatic rings. The van der Waals surface area contributed by atoms with Gasteiger partial charge in [0.05, 0.1) is 17.6 Å². The summed E-state index contributed by atoms with van der Waals surface area (Å²) in [6.45, 7) is 1.61. The van der Waals surface area contributed by atoms with E-state index in [0.717, 1.165) is 10.6 Å². The number of nitrogens with one attached hydrogen (secondary N) is 1. The van der Waals surface area contributed by atoms with E-state index in [0.29, 0.717) is 33.6 Å². The van der Waals surface area contributed by atoms with Crippen molar-refractivity contribution < 1.29 is 22.7 Å². The lowest BCUT2D eigenvalue weighted by molar-refractivity contribution is -0.122. The van der Waals surface area contributed by atoms with Gasteiger partial charge in [-0.05, 0) is 61.5 Å². The van der Waals surface area contributed by atoms with E-state index in [1.54, 1.807) is 61.5 Å². The van der Waals surface area contributed by atoms with E-state index in [1.807, 2.05) is 18.2 Å². The number of amides is 1. The van der Waals surface area contributed by atoms with Crippen LogP contribution in [0.1, 0.15) is 6.92 Å². The zero-order valence-electron chi connectivity index (χ0n) is 17.8. The van der Waals surface area contributed by atoms with Crippen molar-refractivity contribution in [2.45, 2.75) is 13.0 Å². The Labute approximate surface area is 192 Å². The lowest BCUT2D eigenvalue weighted by Crippen LogP contribution is -2.30. The molecule has 0 fully saturated rings. The Morgan fingerprint density at radius 3 is 2.28 bits per heavy atom. The number of carbonyl (C=O) groups excluding carboxylic acids is 1. The Morgan fingerprint density at radius 2 is 1.66 bits per heavy atom. The van der Waals surface area contributed by atoms with Crippen LogP contribution in [-0.2, 0) is 14.8 Å². The number of ether oxygens (including phenoxy) is 2. The molecule has 0 radical (unpaired) electrons. The summed E-state index contributed by atoms with van der Waals surface area (Å²) in [5.74, 6) is 1.08. The molecule has 1 atom stereocenters. The Bertz CT molecular complexity index is 1180. The zero-order chi connectivity index (χ0) is 23.3. The van der Waals surface area contributed by atoms with Gasteiger partial charge in [0.15, 0.2) is 11.9 Å². The molecule has 0 aliphatic heterocycles. The van der Waals surface area contributed by atoms with Crippen molar-refractivity contribution in [3.05, 3.63) is 77.8 Å². The first-order valence-corrected chi connectivity index (χ1v) is 11.9. The van der Waals surface area contributed by atoms with Crippen LogP contribution < -0.4 is 19.1 Å². The average Bonchev–Trinajstić information content (AvgIpc) is 2.75. The number of sulfonamides is 1. The minimum Gasteiger partial charge on any atom is -0.481 e. The summed E-state index contributed by atoms with van der Waals surface area (Å²) in [5.41, 5.74) is 0.894. The van der Waals surface area contributed by atoms with Crippen LogP contribution in [0.4, 0.5) is 11.4 Å². The fourth-order valence-corrected chi connectivity index (χ4v) is 3.40. The summed E-state index contributed by atoms with van der Waals surface area (Å²) >= 11 is 6.10. The Hall–Kier alpha value is -3.23. The van der Waals surface area contributed by atoms with Gasteiger partial charge in [0.25, 0.3) is 5.91 Å². The van der Waals surface area contributed by atoms with Crippen LogP contribution in [0, 0.1) is 0 Å². The average molecular weight is 475 g/mol. The highest BCUT2D eigenvalue weighted by Crippen LogP contribution is 2.32. The van der Waals surface area contributed by atoms with Gasteiger partial charge in [-0.15, -0.1) is 0 Å². The quantitative estimate of drug-likeness (QED) is 0.500. The molecule has 3 aromatic carbocycles. The van der Waals surface area contributed by atoms with E-state index < -0.39 is 22.0 Å². The number of rotatable bonds is 8. The van der Waals surface area contributed by atoms with Gasteiger partial charge in [0, 0.05) is 12.1 Å². The van der Waals surface area contributed by atoms with Crippen molar-refractivity contribution in [2.75, 3.05) is 22.9 Å². The van der Waals surface area contributed by atoms with Crippen molar-refractivity contribution in [3.63, 3.8) is 0 Å². The molecule has 0 aromatic heterocycles. The number of para-hydroxylation sites is 1. The second-order valence-electron chi connectivity index (χ2n) is 7.03. The molecular weight excluding hydrogens is 452 g/mol. The lowest BCUT2D eigenvalue weighted by atomic mass is 10.2. The monoisotopic (exact) mass is 474 g/mol. The maximum absolute atomic E-state index is 12.7. The Morgan fingerprint density at radius 1 is 1.00 bits per heavy atom. The van der Waals surface area contributed by atoms with E-state index in [9.17, 15) is 13.2 Å². The van der Waals surface area contributed by atoms with Crippen molar-refractivity contribution in [2.24, 2.45) is 0 Å². The van der Waals surface area contributed by atoms with E-state index in [-0.39, 0.29) is 0 Å². The maximum Gasteiger partial charge on any atom is 0.265 e. The molecule has 0 saturated heterocycles. The van der Waals surface area contributed by atoms with Crippen molar-refractivity contribution >= 4 is 38.9 Å². The number of hydrogen-bond donors (Lipinski definition) is 1. The smallest absolute Gasteiger partial charge is 0.265 e. The molecule has 0 aliphatic carbocycles. The molecule has 32 heavy (non-hydrogen) atoms. The van der Waals surface area contributed by atoms with E-state index in [1.165, 1.54) is 7.05 Å². The lowest BCUT2D eigenvalue weighted by Gasteiger charge is -2.19. The van der Waals surface area contributed by atoms with Gasteiger partial charge < -0.3 is 14.8 Å². The highest BCUT2D eigenvalue weighted by molar-refractivity contribution is 7.92. The van der Waals surface area contributed by atoms with Gasteiger partial charge in [0.1, 0.15) is 11.5 Å². The molecular formula is C23H23ClN2O5S. The summed E-state index contributed by atoms with van der Waals surface area (Å²) in [6.07, 6.45) is 0.284. The zero-order valence-corrected chi connectivity index (χ0v) is 19.4.